The van der Waals surface area contributed by atoms with Crippen molar-refractivity contribution >= 4 is 34.8 Å². The highest BCUT2D eigenvalue weighted by Gasteiger charge is 2.20. The van der Waals surface area contributed by atoms with E-state index in [-0.39, 0.29) is 50.2 Å². The Bertz CT molecular complexity index is 1680. The van der Waals surface area contributed by atoms with Crippen LogP contribution in [0.1, 0.15) is 39.7 Å². The highest BCUT2D eigenvalue weighted by atomic mass is 32.2. The topological polar surface area (TPSA) is 96.0 Å². The van der Waals surface area contributed by atoms with Crippen molar-refractivity contribution in [3.63, 3.8) is 0 Å². The summed E-state index contributed by atoms with van der Waals surface area (Å²) in [4.78, 5) is 49.4. The molecule has 0 N–H and O–H groups in total. The van der Waals surface area contributed by atoms with Crippen molar-refractivity contribution in [2.45, 2.75) is 39.0 Å². The summed E-state index contributed by atoms with van der Waals surface area (Å²) in [5.41, 5.74) is 1.16. The lowest BCUT2D eigenvalue weighted by Gasteiger charge is -2.16. The molecule has 0 aliphatic carbocycles. The van der Waals surface area contributed by atoms with E-state index in [1.807, 2.05) is 0 Å². The maximum atomic E-state index is 14.6. The number of carbonyl (C=O) groups is 4. The van der Waals surface area contributed by atoms with Crippen LogP contribution in [0.5, 0.6) is 17.2 Å². The lowest BCUT2D eigenvalue weighted by atomic mass is 9.94. The first-order valence-electron chi connectivity index (χ1n) is 13.3. The summed E-state index contributed by atoms with van der Waals surface area (Å²) < 4.78 is 45.2. The molecule has 0 spiro atoms. The molecule has 0 fully saturated rings. The quantitative estimate of drug-likeness (QED) is 0.0898. The smallest absolute Gasteiger partial charge is 0.338 e. The number of halogens is 2. The number of esters is 3. The lowest BCUT2D eigenvalue weighted by Crippen LogP contribution is -2.10. The van der Waals surface area contributed by atoms with E-state index in [2.05, 4.69) is 26.3 Å². The number of benzene rings is 3. The highest BCUT2D eigenvalue weighted by Crippen LogP contribution is 2.40. The van der Waals surface area contributed by atoms with Gasteiger partial charge < -0.3 is 14.2 Å². The minimum absolute atomic E-state index is 0.0616. The number of hydrogen-bond donors (Lipinski definition) is 0. The van der Waals surface area contributed by atoms with Crippen molar-refractivity contribution in [2.24, 2.45) is 0 Å². The molecule has 3 aromatic carbocycles. The van der Waals surface area contributed by atoms with Crippen LogP contribution < -0.4 is 14.2 Å². The summed E-state index contributed by atoms with van der Waals surface area (Å²) in [5, 5.41) is -0.330. The average molecular weight is 633 g/mol. The molecule has 232 valence electrons. The fourth-order valence-electron chi connectivity index (χ4n) is 3.66. The van der Waals surface area contributed by atoms with Crippen LogP contribution in [0.25, 0.3) is 22.3 Å². The van der Waals surface area contributed by atoms with E-state index in [1.165, 1.54) is 63.2 Å². The SMILES string of the molecule is C=C(C)C(=O)Oc1cc(SC(=O)C(=C)C)cc(-c2ccc(-c3cc(OC(=O)C(=C)C)cc(OC(=O)C(=C)C)c3)c(C(F)F)c2)c1. The first kappa shape index (κ1) is 34.4. The molecule has 0 atom stereocenters. The maximum absolute atomic E-state index is 14.6. The summed E-state index contributed by atoms with van der Waals surface area (Å²) in [7, 11) is 0. The predicted molar refractivity (Wildman–Crippen MR) is 169 cm³/mol. The molecule has 7 nitrogen and oxygen atoms in total. The fourth-order valence-corrected chi connectivity index (χ4v) is 4.41. The third-order valence-corrected chi connectivity index (χ3v) is 6.93. The molecular formula is C35H30F2O7S. The molecule has 0 saturated heterocycles. The number of hydrogen-bond acceptors (Lipinski definition) is 8. The second kappa shape index (κ2) is 14.6. The summed E-state index contributed by atoms with van der Waals surface area (Å²) in [6.07, 6.45) is -2.97. The molecule has 0 unspecified atom stereocenters. The first-order valence-corrected chi connectivity index (χ1v) is 14.1. The largest absolute Gasteiger partial charge is 0.423 e. The van der Waals surface area contributed by atoms with Gasteiger partial charge in [-0.25, -0.2) is 23.2 Å². The van der Waals surface area contributed by atoms with Gasteiger partial charge in [0, 0.05) is 33.2 Å². The molecule has 10 heteroatoms. The third kappa shape index (κ3) is 9.20. The van der Waals surface area contributed by atoms with Gasteiger partial charge in [0.2, 0.25) is 5.12 Å². The molecule has 3 rings (SSSR count). The maximum Gasteiger partial charge on any atom is 0.338 e. The van der Waals surface area contributed by atoms with Crippen LogP contribution in [0.2, 0.25) is 0 Å². The molecule has 0 aliphatic heterocycles. The van der Waals surface area contributed by atoms with Gasteiger partial charge in [-0.1, -0.05) is 38.4 Å². The van der Waals surface area contributed by atoms with Gasteiger partial charge in [-0.3, -0.25) is 4.79 Å². The van der Waals surface area contributed by atoms with E-state index in [0.29, 0.717) is 21.6 Å². The molecule has 0 aliphatic rings. The Morgan fingerprint density at radius 1 is 0.600 bits per heavy atom. The second-order valence-electron chi connectivity index (χ2n) is 10.2. The Balaban J connectivity index is 2.18. The van der Waals surface area contributed by atoms with Crippen LogP contribution in [-0.4, -0.2) is 23.0 Å². The summed E-state index contributed by atoms with van der Waals surface area (Å²) in [6.45, 7) is 20.2. The van der Waals surface area contributed by atoms with Crippen LogP contribution in [0, 0.1) is 0 Å². The predicted octanol–water partition coefficient (Wildman–Crippen LogP) is 8.60. The Morgan fingerprint density at radius 3 is 1.51 bits per heavy atom. The van der Waals surface area contributed by atoms with Crippen LogP contribution in [0.3, 0.4) is 0 Å². The molecular weight excluding hydrogens is 602 g/mol. The van der Waals surface area contributed by atoms with Crippen molar-refractivity contribution in [3.8, 4) is 39.5 Å². The molecule has 3 aromatic rings. The Kier molecular flexibility index (Phi) is 11.2. The van der Waals surface area contributed by atoms with Crippen molar-refractivity contribution in [2.75, 3.05) is 0 Å². The van der Waals surface area contributed by atoms with Crippen LogP contribution in [-0.2, 0) is 19.2 Å². The minimum Gasteiger partial charge on any atom is -0.423 e. The summed E-state index contributed by atoms with van der Waals surface area (Å²) in [6, 6.07) is 12.8. The van der Waals surface area contributed by atoms with Crippen molar-refractivity contribution < 1.29 is 42.2 Å². The molecule has 0 amide bonds. The zero-order valence-corrected chi connectivity index (χ0v) is 25.9. The zero-order chi connectivity index (χ0) is 33.6. The van der Waals surface area contributed by atoms with E-state index in [1.54, 1.807) is 19.1 Å². The standard InChI is InChI=1S/C35H30F2O7S/c1-18(2)32(38)42-25-12-24(13-26(16-25)43-33(39)19(3)4)29-10-9-22(15-30(29)31(36)37)23-11-27(44-34(40)20(5)6)17-28(14-23)45-35(41)21(7)8/h9-17,31H,1,3,5,7H2,2,4,6,8H3. The first-order chi connectivity index (χ1) is 21.0. The number of carbonyl (C=O) groups excluding carboxylic acids is 4. The molecule has 45 heavy (non-hydrogen) atoms. The van der Waals surface area contributed by atoms with Gasteiger partial charge in [-0.05, 0) is 104 Å². The van der Waals surface area contributed by atoms with Gasteiger partial charge in [0.25, 0.3) is 6.43 Å². The molecule has 0 saturated carbocycles. The zero-order valence-electron chi connectivity index (χ0n) is 25.1. The van der Waals surface area contributed by atoms with Crippen molar-refractivity contribution in [1.29, 1.82) is 0 Å². The Morgan fingerprint density at radius 2 is 1.07 bits per heavy atom. The highest BCUT2D eigenvalue weighted by molar-refractivity contribution is 8.14. The normalized spacial score (nSPS) is 10.6. The van der Waals surface area contributed by atoms with Gasteiger partial charge >= 0.3 is 17.9 Å². The van der Waals surface area contributed by atoms with Crippen LogP contribution >= 0.6 is 11.8 Å². The van der Waals surface area contributed by atoms with E-state index in [0.717, 1.165) is 11.8 Å². The van der Waals surface area contributed by atoms with Gasteiger partial charge in [0.05, 0.1) is 0 Å². The van der Waals surface area contributed by atoms with Gasteiger partial charge in [0.1, 0.15) is 17.2 Å². The summed E-state index contributed by atoms with van der Waals surface area (Å²) in [5.74, 6) is -2.28. The van der Waals surface area contributed by atoms with E-state index < -0.39 is 29.9 Å². The minimum atomic E-state index is -2.97. The monoisotopic (exact) mass is 632 g/mol. The fraction of sp³-hybridized carbons (Fsp3) is 0.143. The number of rotatable bonds is 11. The van der Waals surface area contributed by atoms with Gasteiger partial charge in [0.15, 0.2) is 0 Å². The van der Waals surface area contributed by atoms with E-state index in [9.17, 15) is 28.0 Å². The van der Waals surface area contributed by atoms with Crippen molar-refractivity contribution in [1.82, 2.24) is 0 Å². The number of thioether (sulfide) groups is 1. The van der Waals surface area contributed by atoms with Gasteiger partial charge in [-0.2, -0.15) is 0 Å². The molecule has 0 heterocycles. The third-order valence-electron chi connectivity index (χ3n) is 5.93. The van der Waals surface area contributed by atoms with E-state index >= 15 is 0 Å². The second-order valence-corrected chi connectivity index (χ2v) is 11.2. The summed E-state index contributed by atoms with van der Waals surface area (Å²) >= 11 is 0.842. The lowest BCUT2D eigenvalue weighted by molar-refractivity contribution is -0.131. The number of alkyl halides is 2. The van der Waals surface area contributed by atoms with E-state index in [4.69, 9.17) is 14.2 Å². The molecule has 0 radical (unpaired) electrons. The van der Waals surface area contributed by atoms with Crippen LogP contribution in [0.4, 0.5) is 8.78 Å². The van der Waals surface area contributed by atoms with Gasteiger partial charge in [-0.15, -0.1) is 0 Å². The molecule has 0 aromatic heterocycles. The Hall–Kier alpha value is -5.09. The van der Waals surface area contributed by atoms with Crippen molar-refractivity contribution in [3.05, 3.63) is 109 Å². The Labute approximate surface area is 263 Å². The average Bonchev–Trinajstić information content (AvgIpc) is 2.96. The van der Waals surface area contributed by atoms with Crippen LogP contribution in [0.15, 0.2) is 108 Å². The number of ether oxygens (including phenoxy) is 3. The molecule has 0 bridgehead atoms.